The Morgan fingerprint density at radius 1 is 1.24 bits per heavy atom. The second kappa shape index (κ2) is 8.30. The van der Waals surface area contributed by atoms with Crippen LogP contribution in [0.3, 0.4) is 0 Å². The Balaban J connectivity index is 1.48. The summed E-state index contributed by atoms with van der Waals surface area (Å²) in [7, 11) is 0. The molecule has 1 spiro atoms. The van der Waals surface area contributed by atoms with E-state index in [1.54, 1.807) is 0 Å². The molecule has 2 N–H and O–H groups in total. The third kappa shape index (κ3) is 4.51. The van der Waals surface area contributed by atoms with Crippen molar-refractivity contribution in [3.8, 4) is 0 Å². The molecule has 25 heavy (non-hydrogen) atoms. The first-order valence-corrected chi connectivity index (χ1v) is 11.0. The highest BCUT2D eigenvalue weighted by atomic mass is 32.2. The van der Waals surface area contributed by atoms with E-state index in [0.717, 1.165) is 50.9 Å². The summed E-state index contributed by atoms with van der Waals surface area (Å²) in [5, 5.41) is 6.67. The molecule has 0 radical (unpaired) electrons. The van der Waals surface area contributed by atoms with Crippen LogP contribution in [-0.2, 0) is 9.59 Å². The smallest absolute Gasteiger partial charge is 0.238 e. The van der Waals surface area contributed by atoms with Gasteiger partial charge in [0.2, 0.25) is 11.8 Å². The molecule has 2 heterocycles. The number of hydrogen-bond acceptors (Lipinski definition) is 4. The van der Waals surface area contributed by atoms with Crippen molar-refractivity contribution < 1.29 is 9.59 Å². The molecule has 3 fully saturated rings. The number of rotatable bonds is 4. The number of amides is 2. The van der Waals surface area contributed by atoms with E-state index in [4.69, 9.17) is 0 Å². The van der Waals surface area contributed by atoms with Crippen LogP contribution >= 0.6 is 11.8 Å². The fourth-order valence-corrected chi connectivity index (χ4v) is 5.63. The Labute approximate surface area is 156 Å². The summed E-state index contributed by atoms with van der Waals surface area (Å²) in [5.74, 6) is 1.60. The van der Waals surface area contributed by atoms with Gasteiger partial charge >= 0.3 is 0 Å². The van der Waals surface area contributed by atoms with E-state index in [1.165, 1.54) is 19.3 Å². The number of carbonyl (C=O) groups excluding carboxylic acids is 2. The predicted octanol–water partition coefficient (Wildman–Crippen LogP) is 2.51. The van der Waals surface area contributed by atoms with Crippen molar-refractivity contribution >= 4 is 23.6 Å². The lowest BCUT2D eigenvalue weighted by atomic mass is 9.87. The fourth-order valence-electron chi connectivity index (χ4n) is 4.22. The van der Waals surface area contributed by atoms with Crippen LogP contribution < -0.4 is 10.6 Å². The normalized spacial score (nSPS) is 28.1. The molecule has 1 saturated carbocycles. The Bertz CT molecular complexity index is 485. The highest BCUT2D eigenvalue weighted by Gasteiger charge is 2.45. The standard InChI is InChI=1S/C19H33N3O2S/c1-3-14(2)20-17(23)16-13-25-19(21-16)9-11-22(12-10-19)18(24)15-7-5-4-6-8-15/h14-16,21H,3-13H2,1-2H3,(H,20,23)/t14-,16-/m1/s1. The molecule has 3 rings (SSSR count). The summed E-state index contributed by atoms with van der Waals surface area (Å²) in [5.41, 5.74) is 0. The molecule has 142 valence electrons. The van der Waals surface area contributed by atoms with Gasteiger partial charge < -0.3 is 10.2 Å². The van der Waals surface area contributed by atoms with Crippen molar-refractivity contribution in [2.75, 3.05) is 18.8 Å². The van der Waals surface area contributed by atoms with Gasteiger partial charge in [-0.05, 0) is 39.0 Å². The SMILES string of the molecule is CC[C@@H](C)NC(=O)[C@H]1CSC2(CCN(C(=O)C3CCCCC3)CC2)N1. The highest BCUT2D eigenvalue weighted by molar-refractivity contribution is 8.01. The van der Waals surface area contributed by atoms with Gasteiger partial charge in [0.1, 0.15) is 0 Å². The molecular weight excluding hydrogens is 334 g/mol. The zero-order valence-electron chi connectivity index (χ0n) is 15.7. The number of nitrogens with zero attached hydrogens (tertiary/aromatic N) is 1. The van der Waals surface area contributed by atoms with E-state index < -0.39 is 0 Å². The Kier molecular flexibility index (Phi) is 6.31. The van der Waals surface area contributed by atoms with E-state index in [9.17, 15) is 9.59 Å². The van der Waals surface area contributed by atoms with Crippen molar-refractivity contribution in [3.63, 3.8) is 0 Å². The average molecular weight is 368 g/mol. The second-order valence-corrected chi connectivity index (χ2v) is 9.38. The molecule has 3 aliphatic rings. The Hall–Kier alpha value is -0.750. The third-order valence-electron chi connectivity index (χ3n) is 6.12. The summed E-state index contributed by atoms with van der Waals surface area (Å²) >= 11 is 1.88. The minimum atomic E-state index is -0.0976. The molecule has 5 nitrogen and oxygen atoms in total. The molecule has 0 aromatic heterocycles. The lowest BCUT2D eigenvalue weighted by Gasteiger charge is -2.40. The van der Waals surface area contributed by atoms with Crippen LogP contribution in [0.1, 0.15) is 65.2 Å². The van der Waals surface area contributed by atoms with Gasteiger partial charge in [-0.15, -0.1) is 11.8 Å². The van der Waals surface area contributed by atoms with Crippen LogP contribution in [0.5, 0.6) is 0 Å². The van der Waals surface area contributed by atoms with E-state index in [1.807, 2.05) is 18.7 Å². The second-order valence-electron chi connectivity index (χ2n) is 7.98. The maximum absolute atomic E-state index is 12.7. The summed E-state index contributed by atoms with van der Waals surface area (Å²) in [6.07, 6.45) is 8.70. The van der Waals surface area contributed by atoms with Crippen LogP contribution in [0.25, 0.3) is 0 Å². The van der Waals surface area contributed by atoms with Gasteiger partial charge in [0.25, 0.3) is 0 Å². The molecule has 0 bridgehead atoms. The molecule has 0 aromatic rings. The number of thioether (sulfide) groups is 1. The molecule has 2 aliphatic heterocycles. The minimum absolute atomic E-state index is 0.0131. The summed E-state index contributed by atoms with van der Waals surface area (Å²) in [6, 6.07) is 0.130. The molecule has 0 unspecified atom stereocenters. The molecular formula is C19H33N3O2S. The summed E-state index contributed by atoms with van der Waals surface area (Å²) in [4.78, 5) is 27.2. The first-order chi connectivity index (χ1) is 12.0. The molecule has 0 aromatic carbocycles. The molecule has 2 atom stereocenters. The van der Waals surface area contributed by atoms with Gasteiger partial charge in [0.15, 0.2) is 0 Å². The molecule has 2 amide bonds. The zero-order chi connectivity index (χ0) is 17.9. The van der Waals surface area contributed by atoms with Crippen molar-refractivity contribution in [1.29, 1.82) is 0 Å². The number of hydrogen-bond donors (Lipinski definition) is 2. The van der Waals surface area contributed by atoms with Crippen molar-refractivity contribution in [2.24, 2.45) is 5.92 Å². The average Bonchev–Trinajstić information content (AvgIpc) is 3.06. The monoisotopic (exact) mass is 367 g/mol. The van der Waals surface area contributed by atoms with Gasteiger partial charge in [-0.3, -0.25) is 14.9 Å². The van der Waals surface area contributed by atoms with E-state index in [0.29, 0.717) is 5.91 Å². The molecule has 1 aliphatic carbocycles. The van der Waals surface area contributed by atoms with Gasteiger partial charge in [-0.25, -0.2) is 0 Å². The van der Waals surface area contributed by atoms with Crippen LogP contribution in [-0.4, -0.2) is 52.5 Å². The van der Waals surface area contributed by atoms with E-state index in [-0.39, 0.29) is 28.8 Å². The zero-order valence-corrected chi connectivity index (χ0v) is 16.5. The summed E-state index contributed by atoms with van der Waals surface area (Å²) in [6.45, 7) is 5.79. The van der Waals surface area contributed by atoms with Gasteiger partial charge in [-0.1, -0.05) is 26.2 Å². The third-order valence-corrected chi connectivity index (χ3v) is 7.70. The summed E-state index contributed by atoms with van der Waals surface area (Å²) < 4.78 is 0. The lowest BCUT2D eigenvalue weighted by molar-refractivity contribution is -0.138. The van der Waals surface area contributed by atoms with Crippen molar-refractivity contribution in [2.45, 2.75) is 82.2 Å². The number of carbonyl (C=O) groups is 2. The van der Waals surface area contributed by atoms with Crippen molar-refractivity contribution in [3.05, 3.63) is 0 Å². The number of nitrogens with one attached hydrogen (secondary N) is 2. The van der Waals surface area contributed by atoms with Crippen LogP contribution in [0.15, 0.2) is 0 Å². The minimum Gasteiger partial charge on any atom is -0.352 e. The van der Waals surface area contributed by atoms with Crippen LogP contribution in [0.2, 0.25) is 0 Å². The quantitative estimate of drug-likeness (QED) is 0.801. The van der Waals surface area contributed by atoms with E-state index in [2.05, 4.69) is 22.5 Å². The van der Waals surface area contributed by atoms with Gasteiger partial charge in [0.05, 0.1) is 10.9 Å². The molecule has 6 heteroatoms. The lowest BCUT2D eigenvalue weighted by Crippen LogP contribution is -2.55. The number of piperidine rings is 1. The topological polar surface area (TPSA) is 61.4 Å². The predicted molar refractivity (Wildman–Crippen MR) is 102 cm³/mol. The van der Waals surface area contributed by atoms with Gasteiger partial charge in [-0.2, -0.15) is 0 Å². The Morgan fingerprint density at radius 2 is 1.92 bits per heavy atom. The first kappa shape index (κ1) is 19.0. The highest BCUT2D eigenvalue weighted by Crippen LogP contribution is 2.40. The maximum Gasteiger partial charge on any atom is 0.238 e. The molecule has 2 saturated heterocycles. The Morgan fingerprint density at radius 3 is 2.56 bits per heavy atom. The maximum atomic E-state index is 12.7. The fraction of sp³-hybridized carbons (Fsp3) is 0.895. The van der Waals surface area contributed by atoms with E-state index >= 15 is 0 Å². The first-order valence-electron chi connectivity index (χ1n) is 10.0. The van der Waals surface area contributed by atoms with Crippen LogP contribution in [0, 0.1) is 5.92 Å². The van der Waals surface area contributed by atoms with Crippen molar-refractivity contribution in [1.82, 2.24) is 15.5 Å². The van der Waals surface area contributed by atoms with Gasteiger partial charge in [0, 0.05) is 30.8 Å². The van der Waals surface area contributed by atoms with Crippen LogP contribution in [0.4, 0.5) is 0 Å². The number of likely N-dealkylation sites (tertiary alicyclic amines) is 1. The largest absolute Gasteiger partial charge is 0.352 e.